The third-order valence-electron chi connectivity index (χ3n) is 2.74. The van der Waals surface area contributed by atoms with Crippen LogP contribution in [0.15, 0.2) is 39.4 Å². The summed E-state index contributed by atoms with van der Waals surface area (Å²) in [6.45, 7) is 2.03. The largest absolute Gasteiger partial charge is 0.506 e. The van der Waals surface area contributed by atoms with E-state index in [1.54, 1.807) is 0 Å². The zero-order valence-corrected chi connectivity index (χ0v) is 11.3. The minimum absolute atomic E-state index is 0.255. The average molecular weight is 300 g/mol. The van der Waals surface area contributed by atoms with Gasteiger partial charge in [-0.2, -0.15) is 0 Å². The Labute approximate surface area is 109 Å². The van der Waals surface area contributed by atoms with Gasteiger partial charge in [0, 0.05) is 16.2 Å². The number of benzene rings is 1. The molecule has 0 saturated heterocycles. The molecule has 1 nitrogen and oxygen atoms in total. The third kappa shape index (κ3) is 2.04. The van der Waals surface area contributed by atoms with E-state index in [4.69, 9.17) is 11.6 Å². The lowest BCUT2D eigenvalue weighted by Crippen LogP contribution is -1.96. The molecule has 0 amide bonds. The molecule has 0 radical (unpaired) electrons. The Balaban J connectivity index is 2.60. The molecule has 84 valence electrons. The number of hydrogen-bond donors (Lipinski definition) is 1. The minimum Gasteiger partial charge on any atom is -0.506 e. The van der Waals surface area contributed by atoms with E-state index in [0.29, 0.717) is 4.47 Å². The molecular formula is C13H12BrClO. The van der Waals surface area contributed by atoms with Gasteiger partial charge >= 0.3 is 0 Å². The highest BCUT2D eigenvalue weighted by Crippen LogP contribution is 2.41. The second-order valence-corrected chi connectivity index (χ2v) is 5.15. The lowest BCUT2D eigenvalue weighted by Gasteiger charge is -2.17. The van der Waals surface area contributed by atoms with Crippen molar-refractivity contribution >= 4 is 33.1 Å². The molecule has 1 N–H and O–H groups in total. The van der Waals surface area contributed by atoms with Gasteiger partial charge in [0.1, 0.15) is 5.75 Å². The molecule has 0 aromatic heterocycles. The van der Waals surface area contributed by atoms with Crippen molar-refractivity contribution in [2.24, 2.45) is 0 Å². The predicted molar refractivity (Wildman–Crippen MR) is 71.6 cm³/mol. The van der Waals surface area contributed by atoms with Gasteiger partial charge in [-0.25, -0.2) is 0 Å². The van der Waals surface area contributed by atoms with Crippen LogP contribution in [-0.4, -0.2) is 5.11 Å². The highest BCUT2D eigenvalue weighted by Gasteiger charge is 2.17. The first-order valence-electron chi connectivity index (χ1n) is 5.15. The molecule has 1 aromatic carbocycles. The Morgan fingerprint density at radius 3 is 2.81 bits per heavy atom. The fraction of sp³-hybridized carbons (Fsp3) is 0.231. The number of allylic oxidation sites excluding steroid dienone is 4. The van der Waals surface area contributed by atoms with Crippen molar-refractivity contribution in [3.63, 3.8) is 0 Å². The number of halogens is 2. The van der Waals surface area contributed by atoms with E-state index in [1.165, 1.54) is 0 Å². The Hall–Kier alpha value is -0.730. The summed E-state index contributed by atoms with van der Waals surface area (Å²) in [5.41, 5.74) is 2.89. The van der Waals surface area contributed by atoms with Gasteiger partial charge in [0.15, 0.2) is 0 Å². The van der Waals surface area contributed by atoms with E-state index in [0.717, 1.165) is 34.6 Å². The number of phenols is 1. The first-order chi connectivity index (χ1) is 7.61. The Kier molecular flexibility index (Phi) is 3.41. The molecule has 0 fully saturated rings. The van der Waals surface area contributed by atoms with Gasteiger partial charge in [-0.15, -0.1) is 0 Å². The van der Waals surface area contributed by atoms with Crippen molar-refractivity contribution in [2.75, 3.05) is 0 Å². The van der Waals surface area contributed by atoms with E-state index >= 15 is 0 Å². The van der Waals surface area contributed by atoms with E-state index in [2.05, 4.69) is 22.0 Å². The molecule has 1 aromatic rings. The second-order valence-electron chi connectivity index (χ2n) is 3.84. The van der Waals surface area contributed by atoms with Gasteiger partial charge in [0.05, 0.1) is 4.47 Å². The summed E-state index contributed by atoms with van der Waals surface area (Å²) in [6, 6.07) is 5.60. The summed E-state index contributed by atoms with van der Waals surface area (Å²) in [5, 5.41) is 10.8. The van der Waals surface area contributed by atoms with E-state index in [9.17, 15) is 5.11 Å². The van der Waals surface area contributed by atoms with Crippen LogP contribution in [0.25, 0.3) is 5.57 Å². The SMILES string of the molecule is CC1=CCCC(Cl)=C1c1cccc(Br)c1O. The van der Waals surface area contributed by atoms with Crippen LogP contribution in [0, 0.1) is 0 Å². The van der Waals surface area contributed by atoms with Gasteiger partial charge in [-0.3, -0.25) is 0 Å². The molecular weight excluding hydrogens is 287 g/mol. The zero-order valence-electron chi connectivity index (χ0n) is 8.93. The summed E-state index contributed by atoms with van der Waals surface area (Å²) in [4.78, 5) is 0. The monoisotopic (exact) mass is 298 g/mol. The topological polar surface area (TPSA) is 20.2 Å². The van der Waals surface area contributed by atoms with E-state index < -0.39 is 0 Å². The van der Waals surface area contributed by atoms with Crippen LogP contribution in [0.2, 0.25) is 0 Å². The lowest BCUT2D eigenvalue weighted by atomic mass is 9.92. The fourth-order valence-corrected chi connectivity index (χ4v) is 2.66. The summed E-state index contributed by atoms with van der Waals surface area (Å²) in [6.07, 6.45) is 3.98. The van der Waals surface area contributed by atoms with Crippen LogP contribution in [0.1, 0.15) is 25.3 Å². The molecule has 0 saturated carbocycles. The van der Waals surface area contributed by atoms with E-state index in [1.807, 2.05) is 25.1 Å². The quantitative estimate of drug-likeness (QED) is 0.786. The maximum absolute atomic E-state index is 10.0. The average Bonchev–Trinajstić information content (AvgIpc) is 2.24. The smallest absolute Gasteiger partial charge is 0.137 e. The van der Waals surface area contributed by atoms with Gasteiger partial charge in [-0.05, 0) is 47.3 Å². The van der Waals surface area contributed by atoms with Gasteiger partial charge in [0.2, 0.25) is 0 Å². The highest BCUT2D eigenvalue weighted by atomic mass is 79.9. The number of hydrogen-bond acceptors (Lipinski definition) is 1. The number of phenolic OH excluding ortho intramolecular Hbond substituents is 1. The molecule has 0 aliphatic heterocycles. The number of aromatic hydroxyl groups is 1. The summed E-state index contributed by atoms with van der Waals surface area (Å²) >= 11 is 9.57. The number of rotatable bonds is 1. The predicted octanol–water partition coefficient (Wildman–Crippen LogP) is 4.84. The first kappa shape index (κ1) is 11.7. The second kappa shape index (κ2) is 4.64. The molecule has 3 heteroatoms. The van der Waals surface area contributed by atoms with Gasteiger partial charge in [-0.1, -0.05) is 29.8 Å². The summed E-state index contributed by atoms with van der Waals surface area (Å²) in [7, 11) is 0. The molecule has 1 aliphatic rings. The minimum atomic E-state index is 0.255. The van der Waals surface area contributed by atoms with Gasteiger partial charge in [0.25, 0.3) is 0 Å². The molecule has 16 heavy (non-hydrogen) atoms. The maximum atomic E-state index is 10.0. The Morgan fingerprint density at radius 2 is 2.12 bits per heavy atom. The molecule has 1 aliphatic carbocycles. The first-order valence-corrected chi connectivity index (χ1v) is 6.32. The summed E-state index contributed by atoms with van der Waals surface area (Å²) < 4.78 is 0.695. The van der Waals surface area contributed by atoms with Crippen molar-refractivity contribution in [3.8, 4) is 5.75 Å². The molecule has 0 unspecified atom stereocenters. The van der Waals surface area contributed by atoms with Crippen molar-refractivity contribution in [3.05, 3.63) is 44.9 Å². The number of para-hydroxylation sites is 1. The standard InChI is InChI=1S/C13H12BrClO/c1-8-4-2-7-11(15)12(8)9-5-3-6-10(14)13(9)16/h3-6,16H,2,7H2,1H3. The van der Waals surface area contributed by atoms with Crippen LogP contribution in [0.5, 0.6) is 5.75 Å². The molecule has 2 rings (SSSR count). The van der Waals surface area contributed by atoms with Crippen molar-refractivity contribution < 1.29 is 5.11 Å². The molecule has 0 bridgehead atoms. The molecule has 0 spiro atoms. The molecule has 0 atom stereocenters. The van der Waals surface area contributed by atoms with Gasteiger partial charge < -0.3 is 5.11 Å². The maximum Gasteiger partial charge on any atom is 0.137 e. The fourth-order valence-electron chi connectivity index (χ4n) is 1.93. The van der Waals surface area contributed by atoms with Crippen molar-refractivity contribution in [1.29, 1.82) is 0 Å². The van der Waals surface area contributed by atoms with E-state index in [-0.39, 0.29) is 5.75 Å². The van der Waals surface area contributed by atoms with Crippen molar-refractivity contribution in [2.45, 2.75) is 19.8 Å². The summed E-state index contributed by atoms with van der Waals surface area (Å²) in [5.74, 6) is 0.255. The Morgan fingerprint density at radius 1 is 1.38 bits per heavy atom. The van der Waals surface area contributed by atoms with Crippen LogP contribution in [0.3, 0.4) is 0 Å². The van der Waals surface area contributed by atoms with Crippen LogP contribution >= 0.6 is 27.5 Å². The van der Waals surface area contributed by atoms with Crippen LogP contribution in [0.4, 0.5) is 0 Å². The van der Waals surface area contributed by atoms with Crippen LogP contribution < -0.4 is 0 Å². The van der Waals surface area contributed by atoms with Crippen molar-refractivity contribution in [1.82, 2.24) is 0 Å². The third-order valence-corrected chi connectivity index (χ3v) is 3.75. The van der Waals surface area contributed by atoms with Crippen LogP contribution in [-0.2, 0) is 0 Å². The lowest BCUT2D eigenvalue weighted by molar-refractivity contribution is 0.470. The zero-order chi connectivity index (χ0) is 11.7. The normalized spacial score (nSPS) is 16.3. The highest BCUT2D eigenvalue weighted by molar-refractivity contribution is 9.10. The Bertz CT molecular complexity index is 489. The molecule has 0 heterocycles.